The second-order valence-electron chi connectivity index (χ2n) is 8.91. The van der Waals surface area contributed by atoms with E-state index < -0.39 is 0 Å². The molecule has 0 atom stereocenters. The number of nitrogens with zero attached hydrogens (tertiary/aromatic N) is 6. The highest BCUT2D eigenvalue weighted by Crippen LogP contribution is 2.24. The molecular formula is C25H32N6OS. The summed E-state index contributed by atoms with van der Waals surface area (Å²) in [6.45, 7) is 13.4. The van der Waals surface area contributed by atoms with Crippen LogP contribution < -0.4 is 4.90 Å². The Morgan fingerprint density at radius 1 is 1.06 bits per heavy atom. The van der Waals surface area contributed by atoms with Crippen LogP contribution in [0.3, 0.4) is 0 Å². The number of carbonyl (C=O) groups is 1. The molecule has 33 heavy (non-hydrogen) atoms. The van der Waals surface area contributed by atoms with Gasteiger partial charge in [0.25, 0.3) is 0 Å². The van der Waals surface area contributed by atoms with E-state index in [1.54, 1.807) is 6.20 Å². The first-order chi connectivity index (χ1) is 15.8. The minimum absolute atomic E-state index is 0.150. The summed E-state index contributed by atoms with van der Waals surface area (Å²) in [5.41, 5.74) is 4.48. The molecule has 1 aliphatic rings. The Morgan fingerprint density at radius 3 is 2.55 bits per heavy atom. The van der Waals surface area contributed by atoms with E-state index in [2.05, 4.69) is 65.3 Å². The molecule has 0 aliphatic carbocycles. The van der Waals surface area contributed by atoms with Gasteiger partial charge in [-0.25, -0.2) is 15.0 Å². The smallest absolute Gasteiger partial charge is 0.233 e. The van der Waals surface area contributed by atoms with Gasteiger partial charge in [-0.2, -0.15) is 0 Å². The zero-order chi connectivity index (χ0) is 23.5. The lowest BCUT2D eigenvalue weighted by Crippen LogP contribution is -2.49. The van der Waals surface area contributed by atoms with E-state index in [-0.39, 0.29) is 5.91 Å². The monoisotopic (exact) mass is 464 g/mol. The number of hydrogen-bond donors (Lipinski definition) is 0. The molecule has 3 heterocycles. The van der Waals surface area contributed by atoms with Crippen LogP contribution in [0.1, 0.15) is 42.4 Å². The van der Waals surface area contributed by atoms with E-state index in [1.165, 1.54) is 22.9 Å². The fourth-order valence-corrected chi connectivity index (χ4v) is 4.82. The van der Waals surface area contributed by atoms with Crippen molar-refractivity contribution in [3.05, 3.63) is 59.3 Å². The van der Waals surface area contributed by atoms with Crippen LogP contribution in [0.4, 0.5) is 5.82 Å². The number of rotatable bonds is 6. The summed E-state index contributed by atoms with van der Waals surface area (Å²) < 4.78 is 2.07. The van der Waals surface area contributed by atoms with Gasteiger partial charge in [-0.1, -0.05) is 37.7 Å². The molecule has 2 aromatic heterocycles. The van der Waals surface area contributed by atoms with Crippen LogP contribution in [0.25, 0.3) is 5.69 Å². The van der Waals surface area contributed by atoms with Crippen molar-refractivity contribution in [1.82, 2.24) is 24.4 Å². The molecule has 1 amide bonds. The van der Waals surface area contributed by atoms with Crippen molar-refractivity contribution in [2.75, 3.05) is 36.8 Å². The van der Waals surface area contributed by atoms with Crippen molar-refractivity contribution in [3.8, 4) is 5.69 Å². The zero-order valence-electron chi connectivity index (χ0n) is 20.1. The van der Waals surface area contributed by atoms with Crippen molar-refractivity contribution in [1.29, 1.82) is 0 Å². The van der Waals surface area contributed by atoms with Crippen molar-refractivity contribution >= 4 is 23.5 Å². The number of hydrogen-bond acceptors (Lipinski definition) is 6. The van der Waals surface area contributed by atoms with Crippen LogP contribution >= 0.6 is 11.8 Å². The van der Waals surface area contributed by atoms with E-state index in [4.69, 9.17) is 4.98 Å². The molecule has 0 N–H and O–H groups in total. The Hall–Kier alpha value is -2.87. The minimum Gasteiger partial charge on any atom is -0.353 e. The molecule has 174 valence electrons. The Balaban J connectivity index is 1.36. The number of aromatic nitrogens is 4. The lowest BCUT2D eigenvalue weighted by molar-refractivity contribution is -0.128. The van der Waals surface area contributed by atoms with Gasteiger partial charge in [0, 0.05) is 56.3 Å². The molecule has 7 nitrogen and oxygen atoms in total. The standard InChI is InChI=1S/C25H32N6OS/c1-17(2)24-27-20(5)15-22(28-24)29-10-12-30(13-11-29)23(32)16-33-25-26-8-9-31(25)21-14-18(3)6-7-19(21)4/h6-9,14-15,17H,10-13,16H2,1-5H3. The maximum atomic E-state index is 12.9. The number of benzene rings is 1. The predicted octanol–water partition coefficient (Wildman–Crippen LogP) is 4.15. The average molecular weight is 465 g/mol. The number of piperazine rings is 1. The van der Waals surface area contributed by atoms with Gasteiger partial charge in [0.2, 0.25) is 5.91 Å². The Bertz CT molecular complexity index is 1130. The van der Waals surface area contributed by atoms with Crippen LogP contribution in [-0.4, -0.2) is 62.3 Å². The molecule has 1 aliphatic heterocycles. The third-order valence-corrected chi connectivity index (χ3v) is 6.84. The Labute approximate surface area is 200 Å². The van der Waals surface area contributed by atoms with Crippen LogP contribution in [0, 0.1) is 20.8 Å². The molecule has 0 unspecified atom stereocenters. The number of amides is 1. The largest absolute Gasteiger partial charge is 0.353 e. The summed E-state index contributed by atoms with van der Waals surface area (Å²) in [7, 11) is 0. The van der Waals surface area contributed by atoms with Crippen molar-refractivity contribution in [2.24, 2.45) is 0 Å². The SMILES string of the molecule is Cc1ccc(C)c(-n2ccnc2SCC(=O)N2CCN(c3cc(C)nc(C(C)C)n3)CC2)c1. The summed E-state index contributed by atoms with van der Waals surface area (Å²) in [6.07, 6.45) is 3.75. The van der Waals surface area contributed by atoms with Gasteiger partial charge >= 0.3 is 0 Å². The molecule has 1 fully saturated rings. The summed E-state index contributed by atoms with van der Waals surface area (Å²) >= 11 is 1.50. The normalized spacial score (nSPS) is 14.2. The maximum absolute atomic E-state index is 12.9. The van der Waals surface area contributed by atoms with Crippen molar-refractivity contribution in [2.45, 2.75) is 45.7 Å². The summed E-state index contributed by atoms with van der Waals surface area (Å²) in [5.74, 6) is 2.66. The predicted molar refractivity (Wildman–Crippen MR) is 133 cm³/mol. The summed E-state index contributed by atoms with van der Waals surface area (Å²) in [4.78, 5) is 30.9. The maximum Gasteiger partial charge on any atom is 0.233 e. The fourth-order valence-electron chi connectivity index (χ4n) is 3.96. The van der Waals surface area contributed by atoms with E-state index in [0.717, 1.165) is 41.3 Å². The van der Waals surface area contributed by atoms with Crippen LogP contribution in [0.5, 0.6) is 0 Å². The first-order valence-electron chi connectivity index (χ1n) is 11.4. The topological polar surface area (TPSA) is 67.2 Å². The second-order valence-corrected chi connectivity index (χ2v) is 9.85. The van der Waals surface area contributed by atoms with Gasteiger partial charge in [0.1, 0.15) is 11.6 Å². The van der Waals surface area contributed by atoms with Crippen LogP contribution in [0.15, 0.2) is 41.8 Å². The number of aryl methyl sites for hydroxylation is 3. The van der Waals surface area contributed by atoms with Gasteiger partial charge in [-0.15, -0.1) is 0 Å². The molecule has 8 heteroatoms. The number of imidazole rings is 1. The molecule has 0 bridgehead atoms. The first kappa shape index (κ1) is 23.3. The molecule has 0 saturated carbocycles. The van der Waals surface area contributed by atoms with E-state index in [1.807, 2.05) is 24.1 Å². The van der Waals surface area contributed by atoms with Crippen molar-refractivity contribution in [3.63, 3.8) is 0 Å². The lowest BCUT2D eigenvalue weighted by atomic mass is 10.1. The minimum atomic E-state index is 0.150. The number of thioether (sulfide) groups is 1. The third-order valence-electron chi connectivity index (χ3n) is 5.89. The average Bonchev–Trinajstić information content (AvgIpc) is 3.27. The zero-order valence-corrected chi connectivity index (χ0v) is 20.9. The Kier molecular flexibility index (Phi) is 7.02. The quantitative estimate of drug-likeness (QED) is 0.511. The fraction of sp³-hybridized carbons (Fsp3) is 0.440. The van der Waals surface area contributed by atoms with Crippen LogP contribution in [0.2, 0.25) is 0 Å². The highest BCUT2D eigenvalue weighted by molar-refractivity contribution is 7.99. The van der Waals surface area contributed by atoms with Crippen LogP contribution in [-0.2, 0) is 4.79 Å². The molecule has 3 aromatic rings. The first-order valence-corrected chi connectivity index (χ1v) is 12.4. The van der Waals surface area contributed by atoms with Gasteiger partial charge < -0.3 is 9.80 Å². The van der Waals surface area contributed by atoms with E-state index >= 15 is 0 Å². The lowest BCUT2D eigenvalue weighted by Gasteiger charge is -2.35. The molecule has 0 radical (unpaired) electrons. The summed E-state index contributed by atoms with van der Waals surface area (Å²) in [6, 6.07) is 8.42. The van der Waals surface area contributed by atoms with Gasteiger partial charge in [0.15, 0.2) is 5.16 Å². The number of carbonyl (C=O) groups excluding carboxylic acids is 1. The molecule has 4 rings (SSSR count). The number of anilines is 1. The highest BCUT2D eigenvalue weighted by Gasteiger charge is 2.23. The molecule has 1 saturated heterocycles. The molecule has 0 spiro atoms. The van der Waals surface area contributed by atoms with Crippen molar-refractivity contribution < 1.29 is 4.79 Å². The highest BCUT2D eigenvalue weighted by atomic mass is 32.2. The van der Waals surface area contributed by atoms with E-state index in [0.29, 0.717) is 24.8 Å². The third kappa shape index (κ3) is 5.38. The van der Waals surface area contributed by atoms with Gasteiger partial charge in [-0.05, 0) is 38.0 Å². The second kappa shape index (κ2) is 9.95. The summed E-state index contributed by atoms with van der Waals surface area (Å²) in [5, 5.41) is 0.841. The molecule has 1 aromatic carbocycles. The molecular weight excluding hydrogens is 432 g/mol. The van der Waals surface area contributed by atoms with Gasteiger partial charge in [0.05, 0.1) is 11.4 Å². The van der Waals surface area contributed by atoms with Gasteiger partial charge in [-0.3, -0.25) is 9.36 Å². The Morgan fingerprint density at radius 2 is 1.82 bits per heavy atom. The van der Waals surface area contributed by atoms with E-state index in [9.17, 15) is 4.79 Å².